The van der Waals surface area contributed by atoms with E-state index in [0.717, 1.165) is 4.47 Å². The largest absolute Gasteiger partial charge is 0.308 e. The molecule has 0 saturated carbocycles. The summed E-state index contributed by atoms with van der Waals surface area (Å²) >= 11 is 13.9. The van der Waals surface area contributed by atoms with Gasteiger partial charge in [0.05, 0.1) is 0 Å². The lowest BCUT2D eigenvalue weighted by atomic mass is 10.4. The number of halogens is 3. The summed E-state index contributed by atoms with van der Waals surface area (Å²) in [5.41, 5.74) is 0. The van der Waals surface area contributed by atoms with Crippen LogP contribution >= 0.6 is 39.1 Å². The van der Waals surface area contributed by atoms with Gasteiger partial charge < -0.3 is 5.32 Å². The van der Waals surface area contributed by atoms with Crippen LogP contribution in [0.15, 0.2) is 22.8 Å². The first-order chi connectivity index (χ1) is 6.09. The van der Waals surface area contributed by atoms with Crippen molar-refractivity contribution in [3.63, 3.8) is 0 Å². The number of hydrogen-bond acceptors (Lipinski definition) is 2. The number of aromatic nitrogens is 1. The van der Waals surface area contributed by atoms with Crippen molar-refractivity contribution >= 4 is 50.9 Å². The fourth-order valence-corrected chi connectivity index (χ4v) is 0.974. The Morgan fingerprint density at radius 3 is 2.69 bits per heavy atom. The van der Waals surface area contributed by atoms with Gasteiger partial charge in [-0.15, -0.1) is 0 Å². The quantitative estimate of drug-likeness (QED) is 0.848. The number of carbonyl (C=O) groups excluding carboxylic acids is 1. The van der Waals surface area contributed by atoms with Crippen LogP contribution in [-0.2, 0) is 4.79 Å². The zero-order valence-electron chi connectivity index (χ0n) is 6.30. The molecule has 70 valence electrons. The molecular formula is C7H5BrCl2N2O. The minimum Gasteiger partial charge on any atom is -0.308 e. The number of alkyl halides is 2. The predicted octanol–water partition coefficient (Wildman–Crippen LogP) is 2.59. The second-order valence-corrected chi connectivity index (χ2v) is 4.16. The molecule has 0 aliphatic heterocycles. The van der Waals surface area contributed by atoms with Gasteiger partial charge in [0.1, 0.15) is 5.82 Å². The third kappa shape index (κ3) is 3.50. The van der Waals surface area contributed by atoms with Gasteiger partial charge in [-0.2, -0.15) is 0 Å². The molecule has 3 nitrogen and oxygen atoms in total. The van der Waals surface area contributed by atoms with Crippen LogP contribution in [0.1, 0.15) is 0 Å². The SMILES string of the molecule is O=C(Nc1ccc(Br)cn1)C(Cl)Cl. The van der Waals surface area contributed by atoms with E-state index in [1.807, 2.05) is 0 Å². The lowest BCUT2D eigenvalue weighted by Crippen LogP contribution is -2.19. The maximum Gasteiger partial charge on any atom is 0.258 e. The molecule has 6 heteroatoms. The van der Waals surface area contributed by atoms with Gasteiger partial charge in [-0.3, -0.25) is 4.79 Å². The summed E-state index contributed by atoms with van der Waals surface area (Å²) in [6.07, 6.45) is 1.56. The summed E-state index contributed by atoms with van der Waals surface area (Å²) < 4.78 is 0.832. The molecule has 0 atom stereocenters. The Kier molecular flexibility index (Phi) is 3.96. The number of nitrogens with one attached hydrogen (secondary N) is 1. The van der Waals surface area contributed by atoms with Gasteiger partial charge in [0.25, 0.3) is 5.91 Å². The standard InChI is InChI=1S/C7H5BrCl2N2O/c8-4-1-2-5(11-3-4)12-7(13)6(9)10/h1-3,6H,(H,11,12,13). The molecule has 0 aromatic carbocycles. The van der Waals surface area contributed by atoms with E-state index in [1.165, 1.54) is 0 Å². The summed E-state index contributed by atoms with van der Waals surface area (Å²) in [6.45, 7) is 0. The third-order valence-corrected chi connectivity index (χ3v) is 2.04. The zero-order valence-corrected chi connectivity index (χ0v) is 9.40. The van der Waals surface area contributed by atoms with Crippen LogP contribution in [0, 0.1) is 0 Å². The zero-order chi connectivity index (χ0) is 9.84. The van der Waals surface area contributed by atoms with E-state index in [1.54, 1.807) is 18.3 Å². The highest BCUT2D eigenvalue weighted by Gasteiger charge is 2.11. The molecule has 0 aliphatic carbocycles. The summed E-state index contributed by atoms with van der Waals surface area (Å²) in [4.78, 5) is 13.8. The molecule has 1 amide bonds. The van der Waals surface area contributed by atoms with Crippen LogP contribution in [0.5, 0.6) is 0 Å². The van der Waals surface area contributed by atoms with Crippen LogP contribution in [0.2, 0.25) is 0 Å². The Labute approximate surface area is 93.6 Å². The topological polar surface area (TPSA) is 42.0 Å². The Morgan fingerprint density at radius 2 is 2.23 bits per heavy atom. The summed E-state index contributed by atoms with van der Waals surface area (Å²) in [6, 6.07) is 3.39. The van der Waals surface area contributed by atoms with Gasteiger partial charge in [-0.05, 0) is 28.1 Å². The minimum absolute atomic E-state index is 0.416. The average molecular weight is 284 g/mol. The Balaban J connectivity index is 2.65. The Morgan fingerprint density at radius 1 is 1.54 bits per heavy atom. The monoisotopic (exact) mass is 282 g/mol. The van der Waals surface area contributed by atoms with E-state index in [9.17, 15) is 4.79 Å². The maximum atomic E-state index is 11.0. The van der Waals surface area contributed by atoms with E-state index in [4.69, 9.17) is 23.2 Å². The molecule has 0 unspecified atom stereocenters. The molecule has 0 aliphatic rings. The molecule has 1 heterocycles. The molecule has 13 heavy (non-hydrogen) atoms. The lowest BCUT2D eigenvalue weighted by Gasteiger charge is -2.03. The van der Waals surface area contributed by atoms with Crippen LogP contribution in [0.4, 0.5) is 5.82 Å². The first-order valence-corrected chi connectivity index (χ1v) is 4.97. The number of nitrogens with zero attached hydrogens (tertiary/aromatic N) is 1. The molecule has 0 radical (unpaired) electrons. The van der Waals surface area contributed by atoms with Crippen molar-refractivity contribution in [3.05, 3.63) is 22.8 Å². The van der Waals surface area contributed by atoms with Gasteiger partial charge in [-0.25, -0.2) is 4.98 Å². The molecule has 0 spiro atoms. The van der Waals surface area contributed by atoms with Gasteiger partial charge in [0.2, 0.25) is 0 Å². The van der Waals surface area contributed by atoms with E-state index in [0.29, 0.717) is 5.82 Å². The highest BCUT2D eigenvalue weighted by molar-refractivity contribution is 9.10. The number of carbonyl (C=O) groups is 1. The van der Waals surface area contributed by atoms with Crippen molar-refractivity contribution in [2.24, 2.45) is 0 Å². The molecule has 0 bridgehead atoms. The fourth-order valence-electron chi connectivity index (χ4n) is 0.631. The highest BCUT2D eigenvalue weighted by atomic mass is 79.9. The van der Waals surface area contributed by atoms with Crippen molar-refractivity contribution in [1.29, 1.82) is 0 Å². The first kappa shape index (κ1) is 10.8. The van der Waals surface area contributed by atoms with Crippen molar-refractivity contribution in [1.82, 2.24) is 4.98 Å². The Hall–Kier alpha value is -0.320. The van der Waals surface area contributed by atoms with Crippen LogP contribution < -0.4 is 5.32 Å². The molecule has 1 aromatic heterocycles. The first-order valence-electron chi connectivity index (χ1n) is 3.30. The smallest absolute Gasteiger partial charge is 0.258 e. The van der Waals surface area contributed by atoms with Crippen LogP contribution in [-0.4, -0.2) is 15.7 Å². The summed E-state index contributed by atoms with van der Waals surface area (Å²) in [5.74, 6) is -0.0716. The molecule has 0 fully saturated rings. The van der Waals surface area contributed by atoms with Gasteiger partial charge >= 0.3 is 0 Å². The number of anilines is 1. The second kappa shape index (κ2) is 4.79. The second-order valence-electron chi connectivity index (χ2n) is 2.15. The normalized spacial score (nSPS) is 10.2. The van der Waals surface area contributed by atoms with Gasteiger partial charge in [0, 0.05) is 10.7 Å². The van der Waals surface area contributed by atoms with Gasteiger partial charge in [0.15, 0.2) is 4.84 Å². The predicted molar refractivity (Wildman–Crippen MR) is 56.1 cm³/mol. The molecular weight excluding hydrogens is 279 g/mol. The van der Waals surface area contributed by atoms with Crippen LogP contribution in [0.25, 0.3) is 0 Å². The maximum absolute atomic E-state index is 11.0. The van der Waals surface area contributed by atoms with Crippen molar-refractivity contribution < 1.29 is 4.79 Å². The number of hydrogen-bond donors (Lipinski definition) is 1. The number of amides is 1. The molecule has 1 N–H and O–H groups in total. The summed E-state index contributed by atoms with van der Waals surface area (Å²) in [7, 11) is 0. The van der Waals surface area contributed by atoms with Gasteiger partial charge in [-0.1, -0.05) is 23.2 Å². The minimum atomic E-state index is -1.08. The average Bonchev–Trinajstić information content (AvgIpc) is 2.08. The molecule has 1 aromatic rings. The van der Waals surface area contributed by atoms with E-state index in [-0.39, 0.29) is 0 Å². The number of pyridine rings is 1. The van der Waals surface area contributed by atoms with E-state index in [2.05, 4.69) is 26.2 Å². The van der Waals surface area contributed by atoms with E-state index < -0.39 is 10.7 Å². The number of rotatable bonds is 2. The Bertz CT molecular complexity index is 302. The van der Waals surface area contributed by atoms with E-state index >= 15 is 0 Å². The van der Waals surface area contributed by atoms with Crippen molar-refractivity contribution in [3.8, 4) is 0 Å². The lowest BCUT2D eigenvalue weighted by molar-refractivity contribution is -0.114. The highest BCUT2D eigenvalue weighted by Crippen LogP contribution is 2.12. The van der Waals surface area contributed by atoms with Crippen LogP contribution in [0.3, 0.4) is 0 Å². The fraction of sp³-hybridized carbons (Fsp3) is 0.143. The third-order valence-electron chi connectivity index (χ3n) is 1.18. The van der Waals surface area contributed by atoms with Crippen molar-refractivity contribution in [2.75, 3.05) is 5.32 Å². The molecule has 1 rings (SSSR count). The molecule has 0 saturated heterocycles. The summed E-state index contributed by atoms with van der Waals surface area (Å²) in [5, 5.41) is 2.43. The van der Waals surface area contributed by atoms with Crippen molar-refractivity contribution in [2.45, 2.75) is 4.84 Å².